The van der Waals surface area contributed by atoms with Crippen LogP contribution in [0.2, 0.25) is 0 Å². The van der Waals surface area contributed by atoms with Crippen LogP contribution >= 0.6 is 0 Å². The molecular formula is C11H21F. The first-order chi connectivity index (χ1) is 5.66. The molecule has 0 bridgehead atoms. The Hall–Kier alpha value is -0.0700. The summed E-state index contributed by atoms with van der Waals surface area (Å²) < 4.78 is 13.7. The van der Waals surface area contributed by atoms with Crippen molar-refractivity contribution in [3.05, 3.63) is 0 Å². The molecule has 1 aliphatic rings. The molecule has 1 heteroatoms. The molecule has 0 N–H and O–H groups in total. The van der Waals surface area contributed by atoms with E-state index in [1.807, 2.05) is 0 Å². The predicted molar refractivity (Wildman–Crippen MR) is 50.9 cm³/mol. The van der Waals surface area contributed by atoms with Crippen molar-refractivity contribution in [2.45, 2.75) is 52.6 Å². The highest BCUT2D eigenvalue weighted by Crippen LogP contribution is 2.36. The van der Waals surface area contributed by atoms with Crippen LogP contribution in [0.3, 0.4) is 0 Å². The lowest BCUT2D eigenvalue weighted by molar-refractivity contribution is 0.0719. The zero-order valence-electron chi connectivity index (χ0n) is 8.52. The Morgan fingerprint density at radius 1 is 1.42 bits per heavy atom. The molecule has 0 aliphatic heterocycles. The van der Waals surface area contributed by atoms with Crippen molar-refractivity contribution in [3.8, 4) is 0 Å². The highest BCUT2D eigenvalue weighted by molar-refractivity contribution is 4.82. The predicted octanol–water partition coefficient (Wildman–Crippen LogP) is 3.81. The van der Waals surface area contributed by atoms with Gasteiger partial charge in [-0.05, 0) is 30.6 Å². The Labute approximate surface area is 75.5 Å². The summed E-state index contributed by atoms with van der Waals surface area (Å²) in [5.41, 5.74) is 0. The van der Waals surface area contributed by atoms with Gasteiger partial charge in [-0.3, -0.25) is 0 Å². The van der Waals surface area contributed by atoms with Gasteiger partial charge in [-0.15, -0.1) is 0 Å². The summed E-state index contributed by atoms with van der Waals surface area (Å²) >= 11 is 0. The van der Waals surface area contributed by atoms with E-state index in [0.717, 1.165) is 19.3 Å². The lowest BCUT2D eigenvalue weighted by Crippen LogP contribution is -2.32. The summed E-state index contributed by atoms with van der Waals surface area (Å²) in [5, 5.41) is 0. The van der Waals surface area contributed by atoms with Gasteiger partial charge in [0.1, 0.15) is 6.17 Å². The van der Waals surface area contributed by atoms with Gasteiger partial charge in [0, 0.05) is 0 Å². The third-order valence-electron chi connectivity index (χ3n) is 3.52. The molecule has 0 aromatic heterocycles. The van der Waals surface area contributed by atoms with Gasteiger partial charge in [-0.25, -0.2) is 4.39 Å². The molecule has 0 nitrogen and oxygen atoms in total. The van der Waals surface area contributed by atoms with Crippen LogP contribution < -0.4 is 0 Å². The average molecular weight is 172 g/mol. The van der Waals surface area contributed by atoms with Crippen LogP contribution in [0.25, 0.3) is 0 Å². The topological polar surface area (TPSA) is 0 Å². The molecular weight excluding hydrogens is 151 g/mol. The maximum absolute atomic E-state index is 13.7. The molecule has 1 fully saturated rings. The third-order valence-corrected chi connectivity index (χ3v) is 3.52. The summed E-state index contributed by atoms with van der Waals surface area (Å²) in [7, 11) is 0. The molecule has 1 aliphatic carbocycles. The van der Waals surface area contributed by atoms with Crippen LogP contribution in [0.15, 0.2) is 0 Å². The van der Waals surface area contributed by atoms with E-state index in [1.165, 1.54) is 6.42 Å². The van der Waals surface area contributed by atoms with E-state index < -0.39 is 6.17 Å². The minimum absolute atomic E-state index is 0.303. The van der Waals surface area contributed by atoms with Gasteiger partial charge in [-0.2, -0.15) is 0 Å². The van der Waals surface area contributed by atoms with Gasteiger partial charge in [0.15, 0.2) is 0 Å². The normalized spacial score (nSPS) is 39.5. The fourth-order valence-corrected chi connectivity index (χ4v) is 2.32. The Bertz CT molecular complexity index is 133. The standard InChI is InChI=1S/C11H21F/c1-4-8(2)10-7-5-6-9(3)11(10)12/h8-11H,4-7H2,1-3H3. The fourth-order valence-electron chi connectivity index (χ4n) is 2.32. The van der Waals surface area contributed by atoms with Gasteiger partial charge in [-0.1, -0.05) is 33.6 Å². The maximum atomic E-state index is 13.7. The Morgan fingerprint density at radius 2 is 2.08 bits per heavy atom. The first-order valence-corrected chi connectivity index (χ1v) is 5.30. The second-order valence-corrected chi connectivity index (χ2v) is 4.40. The Morgan fingerprint density at radius 3 is 2.67 bits per heavy atom. The van der Waals surface area contributed by atoms with E-state index in [2.05, 4.69) is 20.8 Å². The van der Waals surface area contributed by atoms with E-state index in [1.54, 1.807) is 0 Å². The Kier molecular flexibility index (Phi) is 3.54. The van der Waals surface area contributed by atoms with Gasteiger partial charge >= 0.3 is 0 Å². The number of halogens is 1. The monoisotopic (exact) mass is 172 g/mol. The summed E-state index contributed by atoms with van der Waals surface area (Å²) in [6.07, 6.45) is 4.02. The van der Waals surface area contributed by atoms with Crippen LogP contribution in [-0.2, 0) is 0 Å². The summed E-state index contributed by atoms with van der Waals surface area (Å²) in [5.74, 6) is 1.22. The second-order valence-electron chi connectivity index (χ2n) is 4.40. The molecule has 1 saturated carbocycles. The van der Waals surface area contributed by atoms with Crippen molar-refractivity contribution in [1.82, 2.24) is 0 Å². The van der Waals surface area contributed by atoms with Crippen molar-refractivity contribution < 1.29 is 4.39 Å². The third kappa shape index (κ3) is 1.99. The molecule has 0 aromatic rings. The van der Waals surface area contributed by atoms with E-state index in [0.29, 0.717) is 17.8 Å². The minimum Gasteiger partial charge on any atom is -0.247 e. The molecule has 0 amide bonds. The summed E-state index contributed by atoms with van der Waals surface area (Å²) in [4.78, 5) is 0. The first kappa shape index (κ1) is 10.0. The van der Waals surface area contributed by atoms with Gasteiger partial charge < -0.3 is 0 Å². The van der Waals surface area contributed by atoms with Crippen LogP contribution in [-0.4, -0.2) is 6.17 Å². The van der Waals surface area contributed by atoms with E-state index in [-0.39, 0.29) is 0 Å². The average Bonchev–Trinajstić information content (AvgIpc) is 2.08. The smallest absolute Gasteiger partial charge is 0.106 e. The summed E-state index contributed by atoms with van der Waals surface area (Å²) in [6, 6.07) is 0. The lowest BCUT2D eigenvalue weighted by atomic mass is 9.74. The molecule has 12 heavy (non-hydrogen) atoms. The zero-order chi connectivity index (χ0) is 9.14. The fraction of sp³-hybridized carbons (Fsp3) is 1.00. The highest BCUT2D eigenvalue weighted by atomic mass is 19.1. The molecule has 4 unspecified atom stereocenters. The van der Waals surface area contributed by atoms with Crippen molar-refractivity contribution in [2.75, 3.05) is 0 Å². The molecule has 0 radical (unpaired) electrons. The molecule has 72 valence electrons. The van der Waals surface area contributed by atoms with Crippen LogP contribution in [0.5, 0.6) is 0 Å². The highest BCUT2D eigenvalue weighted by Gasteiger charge is 2.33. The maximum Gasteiger partial charge on any atom is 0.106 e. The van der Waals surface area contributed by atoms with Gasteiger partial charge in [0.2, 0.25) is 0 Å². The minimum atomic E-state index is -0.534. The lowest BCUT2D eigenvalue weighted by Gasteiger charge is -2.34. The van der Waals surface area contributed by atoms with Crippen LogP contribution in [0.1, 0.15) is 46.5 Å². The number of alkyl halides is 1. The molecule has 4 atom stereocenters. The van der Waals surface area contributed by atoms with Crippen molar-refractivity contribution >= 4 is 0 Å². The number of hydrogen-bond donors (Lipinski definition) is 0. The van der Waals surface area contributed by atoms with E-state index in [4.69, 9.17) is 0 Å². The van der Waals surface area contributed by atoms with Gasteiger partial charge in [0.05, 0.1) is 0 Å². The first-order valence-electron chi connectivity index (χ1n) is 5.30. The SMILES string of the molecule is CCC(C)C1CCCC(C)C1F. The number of hydrogen-bond acceptors (Lipinski definition) is 0. The van der Waals surface area contributed by atoms with Crippen LogP contribution in [0, 0.1) is 17.8 Å². The van der Waals surface area contributed by atoms with E-state index in [9.17, 15) is 4.39 Å². The van der Waals surface area contributed by atoms with Crippen molar-refractivity contribution in [3.63, 3.8) is 0 Å². The molecule has 0 spiro atoms. The molecule has 1 rings (SSSR count). The zero-order valence-corrected chi connectivity index (χ0v) is 8.52. The van der Waals surface area contributed by atoms with Crippen LogP contribution in [0.4, 0.5) is 4.39 Å². The van der Waals surface area contributed by atoms with Crippen molar-refractivity contribution in [1.29, 1.82) is 0 Å². The molecule has 0 saturated heterocycles. The van der Waals surface area contributed by atoms with Crippen molar-refractivity contribution in [2.24, 2.45) is 17.8 Å². The number of rotatable bonds is 2. The largest absolute Gasteiger partial charge is 0.247 e. The Balaban J connectivity index is 2.51. The second kappa shape index (κ2) is 4.25. The quantitative estimate of drug-likeness (QED) is 0.594. The van der Waals surface area contributed by atoms with Gasteiger partial charge in [0.25, 0.3) is 0 Å². The van der Waals surface area contributed by atoms with E-state index >= 15 is 0 Å². The summed E-state index contributed by atoms with van der Waals surface area (Å²) in [6.45, 7) is 6.41. The molecule has 0 aromatic carbocycles. The molecule has 0 heterocycles.